The minimum absolute atomic E-state index is 0.0833. The number of amides is 1. The van der Waals surface area contributed by atoms with E-state index in [9.17, 15) is 4.79 Å². The van der Waals surface area contributed by atoms with Crippen molar-refractivity contribution in [3.05, 3.63) is 0 Å². The normalized spacial score (nSPS) is 27.3. The molecule has 0 aromatic carbocycles. The molecule has 1 atom stereocenters. The second-order valence-corrected chi connectivity index (χ2v) is 6.49. The molecule has 1 N–H and O–H groups in total. The van der Waals surface area contributed by atoms with Crippen molar-refractivity contribution in [3.63, 3.8) is 0 Å². The predicted octanol–water partition coefficient (Wildman–Crippen LogP) is 1.07. The summed E-state index contributed by atoms with van der Waals surface area (Å²) in [6, 6.07) is 0.0833. The van der Waals surface area contributed by atoms with Crippen LogP contribution in [0.4, 0.5) is 0 Å². The molecule has 0 aromatic heterocycles. The van der Waals surface area contributed by atoms with Crippen LogP contribution in [0.5, 0.6) is 0 Å². The van der Waals surface area contributed by atoms with Crippen molar-refractivity contribution in [1.29, 1.82) is 0 Å². The van der Waals surface area contributed by atoms with Gasteiger partial charge in [-0.25, -0.2) is 0 Å². The molecular weight excluding hydrogens is 226 g/mol. The van der Waals surface area contributed by atoms with Gasteiger partial charge in [0.15, 0.2) is 0 Å². The van der Waals surface area contributed by atoms with E-state index in [1.165, 1.54) is 12.8 Å². The van der Waals surface area contributed by atoms with Gasteiger partial charge in [0.05, 0.1) is 6.04 Å². The van der Waals surface area contributed by atoms with E-state index >= 15 is 0 Å². The van der Waals surface area contributed by atoms with E-state index < -0.39 is 0 Å². The van der Waals surface area contributed by atoms with Crippen molar-refractivity contribution < 1.29 is 4.79 Å². The second-order valence-electron chi connectivity index (χ2n) is 6.49. The zero-order chi connectivity index (χ0) is 13.2. The van der Waals surface area contributed by atoms with Crippen LogP contribution in [0.15, 0.2) is 0 Å². The van der Waals surface area contributed by atoms with Gasteiger partial charge < -0.3 is 10.2 Å². The monoisotopic (exact) mass is 253 g/mol. The van der Waals surface area contributed by atoms with Crippen LogP contribution >= 0.6 is 0 Å². The molecule has 18 heavy (non-hydrogen) atoms. The van der Waals surface area contributed by atoms with Crippen molar-refractivity contribution in [3.8, 4) is 0 Å². The fourth-order valence-electron chi connectivity index (χ4n) is 2.88. The van der Waals surface area contributed by atoms with Crippen molar-refractivity contribution in [2.75, 3.05) is 32.7 Å². The van der Waals surface area contributed by atoms with E-state index in [4.69, 9.17) is 0 Å². The quantitative estimate of drug-likeness (QED) is 0.759. The van der Waals surface area contributed by atoms with Gasteiger partial charge in [-0.15, -0.1) is 0 Å². The van der Waals surface area contributed by atoms with Gasteiger partial charge >= 0.3 is 0 Å². The number of piperidine rings is 1. The highest BCUT2D eigenvalue weighted by molar-refractivity contribution is 5.82. The summed E-state index contributed by atoms with van der Waals surface area (Å²) in [4.78, 5) is 16.9. The van der Waals surface area contributed by atoms with E-state index in [0.29, 0.717) is 5.91 Å². The van der Waals surface area contributed by atoms with Crippen LogP contribution in [0.1, 0.15) is 40.0 Å². The standard InChI is InChI=1S/C14H27N3O/c1-14(2,3)17-10-8-16(9-11-17)13(18)12-6-4-5-7-15-12/h12,15H,4-11H2,1-3H3/t12-/m1/s1. The van der Waals surface area contributed by atoms with Crippen molar-refractivity contribution in [2.45, 2.75) is 51.6 Å². The van der Waals surface area contributed by atoms with E-state index in [1.54, 1.807) is 0 Å². The number of nitrogens with zero attached hydrogens (tertiary/aromatic N) is 2. The Kier molecular flexibility index (Phi) is 4.28. The lowest BCUT2D eigenvalue weighted by Crippen LogP contribution is -2.58. The summed E-state index contributed by atoms with van der Waals surface area (Å²) in [5.41, 5.74) is 0.220. The molecule has 2 rings (SSSR count). The molecular formula is C14H27N3O. The average molecular weight is 253 g/mol. The Labute approximate surface area is 111 Å². The molecule has 0 saturated carbocycles. The Morgan fingerprint density at radius 2 is 1.78 bits per heavy atom. The highest BCUT2D eigenvalue weighted by Gasteiger charge is 2.31. The topological polar surface area (TPSA) is 35.6 Å². The summed E-state index contributed by atoms with van der Waals surface area (Å²) in [7, 11) is 0. The molecule has 0 unspecified atom stereocenters. The van der Waals surface area contributed by atoms with Crippen LogP contribution in [0.2, 0.25) is 0 Å². The second kappa shape index (κ2) is 5.57. The summed E-state index contributed by atoms with van der Waals surface area (Å²) in [5.74, 6) is 0.322. The molecule has 2 fully saturated rings. The smallest absolute Gasteiger partial charge is 0.239 e. The van der Waals surface area contributed by atoms with Crippen LogP contribution in [0, 0.1) is 0 Å². The Morgan fingerprint density at radius 1 is 1.11 bits per heavy atom. The van der Waals surface area contributed by atoms with Crippen molar-refractivity contribution >= 4 is 5.91 Å². The summed E-state index contributed by atoms with van der Waals surface area (Å²) in [6.07, 6.45) is 3.41. The molecule has 4 heteroatoms. The van der Waals surface area contributed by atoms with E-state index in [2.05, 4.69) is 31.0 Å². The highest BCUT2D eigenvalue weighted by atomic mass is 16.2. The maximum atomic E-state index is 12.4. The Balaban J connectivity index is 1.83. The van der Waals surface area contributed by atoms with Crippen LogP contribution < -0.4 is 5.32 Å². The van der Waals surface area contributed by atoms with Gasteiger partial charge in [0.2, 0.25) is 5.91 Å². The number of nitrogens with one attached hydrogen (secondary N) is 1. The van der Waals surface area contributed by atoms with E-state index in [-0.39, 0.29) is 11.6 Å². The number of piperazine rings is 1. The fraction of sp³-hybridized carbons (Fsp3) is 0.929. The van der Waals surface area contributed by atoms with Crippen LogP contribution in [0.25, 0.3) is 0 Å². The van der Waals surface area contributed by atoms with Gasteiger partial charge in [0.1, 0.15) is 0 Å². The number of hydrogen-bond donors (Lipinski definition) is 1. The molecule has 2 aliphatic heterocycles. The number of carbonyl (C=O) groups excluding carboxylic acids is 1. The Morgan fingerprint density at radius 3 is 2.28 bits per heavy atom. The average Bonchev–Trinajstić information content (AvgIpc) is 2.38. The van der Waals surface area contributed by atoms with Crippen LogP contribution in [0.3, 0.4) is 0 Å². The summed E-state index contributed by atoms with van der Waals surface area (Å²) >= 11 is 0. The Hall–Kier alpha value is -0.610. The molecule has 0 radical (unpaired) electrons. The molecule has 2 aliphatic rings. The largest absolute Gasteiger partial charge is 0.339 e. The van der Waals surface area contributed by atoms with E-state index in [1.807, 2.05) is 4.90 Å². The lowest BCUT2D eigenvalue weighted by atomic mass is 10.0. The summed E-state index contributed by atoms with van der Waals surface area (Å²) in [5, 5.41) is 3.35. The molecule has 1 amide bonds. The number of rotatable bonds is 1. The van der Waals surface area contributed by atoms with Gasteiger partial charge in [-0.05, 0) is 40.2 Å². The first kappa shape index (κ1) is 13.8. The first-order chi connectivity index (χ1) is 8.48. The summed E-state index contributed by atoms with van der Waals surface area (Å²) in [6.45, 7) is 11.5. The molecule has 2 heterocycles. The lowest BCUT2D eigenvalue weighted by molar-refractivity contribution is -0.136. The van der Waals surface area contributed by atoms with Crippen LogP contribution in [-0.2, 0) is 4.79 Å². The zero-order valence-electron chi connectivity index (χ0n) is 12.0. The number of carbonyl (C=O) groups is 1. The molecule has 104 valence electrons. The maximum absolute atomic E-state index is 12.4. The molecule has 0 aromatic rings. The maximum Gasteiger partial charge on any atom is 0.239 e. The van der Waals surface area contributed by atoms with Crippen molar-refractivity contribution in [1.82, 2.24) is 15.1 Å². The SMILES string of the molecule is CC(C)(C)N1CCN(C(=O)[C@H]2CCCCN2)CC1. The van der Waals surface area contributed by atoms with Gasteiger partial charge in [-0.3, -0.25) is 9.69 Å². The first-order valence-electron chi connectivity index (χ1n) is 7.26. The van der Waals surface area contributed by atoms with Gasteiger partial charge in [0, 0.05) is 31.7 Å². The zero-order valence-corrected chi connectivity index (χ0v) is 12.0. The van der Waals surface area contributed by atoms with E-state index in [0.717, 1.165) is 39.1 Å². The number of hydrogen-bond acceptors (Lipinski definition) is 3. The van der Waals surface area contributed by atoms with Crippen LogP contribution in [-0.4, -0.2) is 60.0 Å². The molecule has 0 bridgehead atoms. The summed E-state index contributed by atoms with van der Waals surface area (Å²) < 4.78 is 0. The first-order valence-corrected chi connectivity index (χ1v) is 7.26. The lowest BCUT2D eigenvalue weighted by Gasteiger charge is -2.43. The Bertz CT molecular complexity index is 284. The van der Waals surface area contributed by atoms with Gasteiger partial charge in [-0.1, -0.05) is 6.42 Å². The third kappa shape index (κ3) is 3.23. The minimum Gasteiger partial charge on any atom is -0.339 e. The molecule has 2 saturated heterocycles. The highest BCUT2D eigenvalue weighted by Crippen LogP contribution is 2.17. The fourth-order valence-corrected chi connectivity index (χ4v) is 2.88. The van der Waals surface area contributed by atoms with Gasteiger partial charge in [0.25, 0.3) is 0 Å². The molecule has 0 spiro atoms. The third-order valence-corrected chi connectivity index (χ3v) is 4.15. The minimum atomic E-state index is 0.0833. The predicted molar refractivity (Wildman–Crippen MR) is 73.5 cm³/mol. The van der Waals surface area contributed by atoms with Gasteiger partial charge in [-0.2, -0.15) is 0 Å². The van der Waals surface area contributed by atoms with Crippen molar-refractivity contribution in [2.24, 2.45) is 0 Å². The molecule has 4 nitrogen and oxygen atoms in total. The molecule has 0 aliphatic carbocycles. The third-order valence-electron chi connectivity index (χ3n) is 4.15.